The number of hydrogen-bond acceptors (Lipinski definition) is 4. The maximum Gasteiger partial charge on any atom is 0.313 e. The molecule has 0 fully saturated rings. The molecule has 2 aromatic rings. The van der Waals surface area contributed by atoms with Crippen LogP contribution in [0, 0.1) is 13.8 Å². The summed E-state index contributed by atoms with van der Waals surface area (Å²) < 4.78 is 2.06. The lowest BCUT2D eigenvalue weighted by atomic mass is 10.3. The molecule has 96 valence electrons. The summed E-state index contributed by atoms with van der Waals surface area (Å²) in [6, 6.07) is 2.09. The van der Waals surface area contributed by atoms with Crippen molar-refractivity contribution in [3.05, 3.63) is 33.8 Å². The van der Waals surface area contributed by atoms with Crippen LogP contribution in [0.5, 0.6) is 0 Å². The van der Waals surface area contributed by atoms with Gasteiger partial charge in [-0.25, -0.2) is 4.98 Å². The molecule has 0 spiro atoms. The zero-order valence-electron chi connectivity index (χ0n) is 10.2. The van der Waals surface area contributed by atoms with E-state index in [9.17, 15) is 4.79 Å². The summed E-state index contributed by atoms with van der Waals surface area (Å²) in [5.74, 6) is -0.778. The summed E-state index contributed by atoms with van der Waals surface area (Å²) in [4.78, 5) is 16.2. The Bertz CT molecular complexity index is 560. The largest absolute Gasteiger partial charge is 0.481 e. The number of carboxylic acid groups (broad SMARTS) is 1. The zero-order chi connectivity index (χ0) is 13.1. The summed E-state index contributed by atoms with van der Waals surface area (Å²) in [5.41, 5.74) is 2.32. The van der Waals surface area contributed by atoms with E-state index in [0.29, 0.717) is 0 Å². The van der Waals surface area contributed by atoms with Crippen LogP contribution in [0.1, 0.15) is 16.1 Å². The highest BCUT2D eigenvalue weighted by atomic mass is 32.2. The summed E-state index contributed by atoms with van der Waals surface area (Å²) in [6.45, 7) is 4.83. The standard InChI is InChI=1S/C12H14N2O2S2/c1-8-3-4-17-10(8)6-14-9(2)5-13-12(14)18-7-11(15)16/h3-5H,6-7H2,1-2H3,(H,15,16). The van der Waals surface area contributed by atoms with Gasteiger partial charge in [0.1, 0.15) is 0 Å². The van der Waals surface area contributed by atoms with Crippen LogP contribution in [0.3, 0.4) is 0 Å². The maximum absolute atomic E-state index is 10.6. The average Bonchev–Trinajstić information content (AvgIpc) is 2.86. The molecule has 0 radical (unpaired) electrons. The molecule has 0 saturated heterocycles. The number of nitrogens with zero attached hydrogens (tertiary/aromatic N) is 2. The maximum atomic E-state index is 10.6. The summed E-state index contributed by atoms with van der Waals surface area (Å²) in [5, 5.41) is 11.6. The molecule has 2 aromatic heterocycles. The molecule has 0 atom stereocenters. The third-order valence-electron chi connectivity index (χ3n) is 2.61. The van der Waals surface area contributed by atoms with Gasteiger partial charge in [0.2, 0.25) is 0 Å². The molecule has 4 nitrogen and oxygen atoms in total. The van der Waals surface area contributed by atoms with Crippen LogP contribution in [-0.4, -0.2) is 26.4 Å². The molecular weight excluding hydrogens is 268 g/mol. The van der Waals surface area contributed by atoms with Crippen LogP contribution < -0.4 is 0 Å². The quantitative estimate of drug-likeness (QED) is 0.857. The van der Waals surface area contributed by atoms with Crippen molar-refractivity contribution < 1.29 is 9.90 Å². The predicted octanol–water partition coefficient (Wildman–Crippen LogP) is 2.79. The first kappa shape index (κ1) is 13.2. The normalized spacial score (nSPS) is 10.8. The number of carbonyl (C=O) groups is 1. The van der Waals surface area contributed by atoms with Crippen molar-refractivity contribution in [2.75, 3.05) is 5.75 Å². The van der Waals surface area contributed by atoms with Crippen molar-refractivity contribution in [2.24, 2.45) is 0 Å². The number of aliphatic carboxylic acids is 1. The molecule has 6 heteroatoms. The molecule has 2 rings (SSSR count). The lowest BCUT2D eigenvalue weighted by Crippen LogP contribution is -2.05. The molecule has 0 unspecified atom stereocenters. The second-order valence-electron chi connectivity index (χ2n) is 3.98. The fourth-order valence-electron chi connectivity index (χ4n) is 1.58. The van der Waals surface area contributed by atoms with E-state index in [1.54, 1.807) is 17.5 Å². The molecule has 2 heterocycles. The Kier molecular flexibility index (Phi) is 4.08. The van der Waals surface area contributed by atoms with E-state index < -0.39 is 5.97 Å². The second-order valence-corrected chi connectivity index (χ2v) is 5.92. The highest BCUT2D eigenvalue weighted by molar-refractivity contribution is 7.99. The van der Waals surface area contributed by atoms with Gasteiger partial charge in [-0.1, -0.05) is 11.8 Å². The van der Waals surface area contributed by atoms with Gasteiger partial charge in [-0.3, -0.25) is 4.79 Å². The van der Waals surface area contributed by atoms with Crippen molar-refractivity contribution >= 4 is 29.1 Å². The lowest BCUT2D eigenvalue weighted by molar-refractivity contribution is -0.133. The van der Waals surface area contributed by atoms with Crippen LogP contribution in [0.2, 0.25) is 0 Å². The number of hydrogen-bond donors (Lipinski definition) is 1. The number of aryl methyl sites for hydroxylation is 2. The van der Waals surface area contributed by atoms with Crippen LogP contribution in [0.15, 0.2) is 22.8 Å². The number of thiophene rings is 1. The van der Waals surface area contributed by atoms with E-state index in [4.69, 9.17) is 5.11 Å². The van der Waals surface area contributed by atoms with Crippen LogP contribution >= 0.6 is 23.1 Å². The molecule has 0 bridgehead atoms. The highest BCUT2D eigenvalue weighted by Gasteiger charge is 2.11. The summed E-state index contributed by atoms with van der Waals surface area (Å²) in [6.07, 6.45) is 1.78. The number of carboxylic acids is 1. The number of thioether (sulfide) groups is 1. The van der Waals surface area contributed by atoms with Gasteiger partial charge in [-0.15, -0.1) is 11.3 Å². The fraction of sp³-hybridized carbons (Fsp3) is 0.333. The van der Waals surface area contributed by atoms with Gasteiger partial charge >= 0.3 is 5.97 Å². The van der Waals surface area contributed by atoms with Crippen LogP contribution in [-0.2, 0) is 11.3 Å². The van der Waals surface area contributed by atoms with Crippen molar-refractivity contribution in [1.82, 2.24) is 9.55 Å². The van der Waals surface area contributed by atoms with E-state index in [1.165, 1.54) is 22.2 Å². The minimum atomic E-state index is -0.820. The Morgan fingerprint density at radius 2 is 2.33 bits per heavy atom. The molecule has 0 aliphatic rings. The summed E-state index contributed by atoms with van der Waals surface area (Å²) in [7, 11) is 0. The van der Waals surface area contributed by atoms with Crippen molar-refractivity contribution in [3.63, 3.8) is 0 Å². The summed E-state index contributed by atoms with van der Waals surface area (Å²) >= 11 is 2.98. The van der Waals surface area contributed by atoms with Crippen molar-refractivity contribution in [2.45, 2.75) is 25.5 Å². The van der Waals surface area contributed by atoms with Crippen LogP contribution in [0.4, 0.5) is 0 Å². The Morgan fingerprint density at radius 3 is 2.94 bits per heavy atom. The van der Waals surface area contributed by atoms with E-state index in [0.717, 1.165) is 17.4 Å². The predicted molar refractivity (Wildman–Crippen MR) is 73.5 cm³/mol. The highest BCUT2D eigenvalue weighted by Crippen LogP contribution is 2.23. The Hall–Kier alpha value is -1.27. The van der Waals surface area contributed by atoms with Gasteiger partial charge in [-0.2, -0.15) is 0 Å². The van der Waals surface area contributed by atoms with E-state index in [-0.39, 0.29) is 5.75 Å². The molecule has 0 aromatic carbocycles. The van der Waals surface area contributed by atoms with Crippen LogP contribution in [0.25, 0.3) is 0 Å². The minimum absolute atomic E-state index is 0.0415. The van der Waals surface area contributed by atoms with Gasteiger partial charge in [0.15, 0.2) is 5.16 Å². The van der Waals surface area contributed by atoms with Gasteiger partial charge in [0.05, 0.1) is 12.3 Å². The van der Waals surface area contributed by atoms with E-state index in [2.05, 4.69) is 27.9 Å². The number of rotatable bonds is 5. The molecular formula is C12H14N2O2S2. The average molecular weight is 282 g/mol. The lowest BCUT2D eigenvalue weighted by Gasteiger charge is -2.08. The van der Waals surface area contributed by atoms with Crippen molar-refractivity contribution in [1.29, 1.82) is 0 Å². The smallest absolute Gasteiger partial charge is 0.313 e. The number of imidazole rings is 1. The molecule has 18 heavy (non-hydrogen) atoms. The van der Waals surface area contributed by atoms with Gasteiger partial charge in [0, 0.05) is 16.8 Å². The third kappa shape index (κ3) is 2.94. The number of aromatic nitrogens is 2. The first-order valence-electron chi connectivity index (χ1n) is 5.47. The van der Waals surface area contributed by atoms with Gasteiger partial charge < -0.3 is 9.67 Å². The van der Waals surface area contributed by atoms with Crippen molar-refractivity contribution in [3.8, 4) is 0 Å². The Balaban J connectivity index is 2.19. The fourth-order valence-corrected chi connectivity index (χ4v) is 3.22. The topological polar surface area (TPSA) is 55.1 Å². The molecule has 0 aliphatic carbocycles. The van der Waals surface area contributed by atoms with E-state index in [1.807, 2.05) is 6.92 Å². The Morgan fingerprint density at radius 1 is 1.56 bits per heavy atom. The first-order chi connectivity index (χ1) is 8.58. The zero-order valence-corrected chi connectivity index (χ0v) is 11.8. The third-order valence-corrected chi connectivity index (χ3v) is 4.60. The first-order valence-corrected chi connectivity index (χ1v) is 7.34. The molecule has 0 amide bonds. The van der Waals surface area contributed by atoms with E-state index >= 15 is 0 Å². The minimum Gasteiger partial charge on any atom is -0.481 e. The molecule has 0 saturated carbocycles. The molecule has 0 aliphatic heterocycles. The second kappa shape index (κ2) is 5.58. The van der Waals surface area contributed by atoms with Gasteiger partial charge in [-0.05, 0) is 30.9 Å². The van der Waals surface area contributed by atoms with Gasteiger partial charge in [0.25, 0.3) is 0 Å². The monoisotopic (exact) mass is 282 g/mol. The Labute approximate surface area is 114 Å². The molecule has 1 N–H and O–H groups in total. The SMILES string of the molecule is Cc1ccsc1Cn1c(C)cnc1SCC(=O)O.